The first-order valence-corrected chi connectivity index (χ1v) is 10.5. The van der Waals surface area contributed by atoms with Gasteiger partial charge in [-0.25, -0.2) is 0 Å². The minimum atomic E-state index is -1.46. The van der Waals surface area contributed by atoms with Crippen molar-refractivity contribution in [1.82, 2.24) is 5.32 Å². The van der Waals surface area contributed by atoms with E-state index in [0.29, 0.717) is 22.2 Å². The van der Waals surface area contributed by atoms with Crippen LogP contribution in [0.2, 0.25) is 10.0 Å². The molecule has 0 aliphatic carbocycles. The van der Waals surface area contributed by atoms with E-state index in [1.807, 2.05) is 26.0 Å². The third-order valence-corrected chi connectivity index (χ3v) is 5.70. The van der Waals surface area contributed by atoms with Crippen molar-refractivity contribution in [2.45, 2.75) is 44.7 Å². The predicted molar refractivity (Wildman–Crippen MR) is 120 cm³/mol. The van der Waals surface area contributed by atoms with E-state index in [2.05, 4.69) is 21.3 Å². The van der Waals surface area contributed by atoms with Crippen LogP contribution in [0, 0.1) is 0 Å². The van der Waals surface area contributed by atoms with Crippen LogP contribution < -0.4 is 26.0 Å². The maximum Gasteiger partial charge on any atom is 0.288 e. The van der Waals surface area contributed by atoms with Gasteiger partial charge < -0.3 is 31.1 Å². The molecule has 7 nitrogen and oxygen atoms in total. The highest BCUT2D eigenvalue weighted by molar-refractivity contribution is 6.39. The Hall–Kier alpha value is -2.35. The molecule has 2 aliphatic heterocycles. The number of halogens is 2. The fourth-order valence-corrected chi connectivity index (χ4v) is 4.23. The molecule has 2 heterocycles. The second-order valence-corrected chi connectivity index (χ2v) is 9.10. The van der Waals surface area contributed by atoms with Gasteiger partial charge in [0.25, 0.3) is 11.7 Å². The van der Waals surface area contributed by atoms with E-state index < -0.39 is 17.8 Å². The number of rotatable bonds is 5. The standard InChI is InChI=1S/C21H24Cl2N4O3/c1-11(28)10-24-19(29)21(27-18-13(22)5-4-6-14(18)23)25-15-7-8-16-12(17(15)26-21)9-20(2,3)30-16/h4-8,11,25-28H,9-10H2,1-3H3,(H,24,29). The molecule has 0 saturated carbocycles. The van der Waals surface area contributed by atoms with Crippen LogP contribution in [0.3, 0.4) is 0 Å². The molecule has 1 amide bonds. The van der Waals surface area contributed by atoms with Crippen molar-refractivity contribution in [2.24, 2.45) is 0 Å². The van der Waals surface area contributed by atoms with Gasteiger partial charge in [-0.3, -0.25) is 4.79 Å². The first-order chi connectivity index (χ1) is 14.1. The molecule has 2 atom stereocenters. The van der Waals surface area contributed by atoms with Crippen molar-refractivity contribution in [3.63, 3.8) is 0 Å². The van der Waals surface area contributed by atoms with E-state index in [1.54, 1.807) is 25.1 Å². The molecule has 0 saturated heterocycles. The van der Waals surface area contributed by atoms with E-state index in [1.165, 1.54) is 0 Å². The summed E-state index contributed by atoms with van der Waals surface area (Å²) >= 11 is 12.7. The Balaban J connectivity index is 1.73. The second-order valence-electron chi connectivity index (χ2n) is 8.28. The molecule has 2 aliphatic rings. The molecule has 0 aromatic heterocycles. The average Bonchev–Trinajstić information content (AvgIpc) is 3.19. The number of carbonyl (C=O) groups excluding carboxylic acids is 1. The number of aliphatic hydroxyl groups excluding tert-OH is 1. The first-order valence-electron chi connectivity index (χ1n) is 9.70. The van der Waals surface area contributed by atoms with E-state index in [9.17, 15) is 9.90 Å². The predicted octanol–water partition coefficient (Wildman–Crippen LogP) is 3.81. The number of amides is 1. The van der Waals surface area contributed by atoms with Crippen molar-refractivity contribution >= 4 is 46.2 Å². The van der Waals surface area contributed by atoms with Gasteiger partial charge in [0.1, 0.15) is 11.4 Å². The monoisotopic (exact) mass is 450 g/mol. The zero-order valence-electron chi connectivity index (χ0n) is 16.9. The summed E-state index contributed by atoms with van der Waals surface area (Å²) in [7, 11) is 0. The van der Waals surface area contributed by atoms with E-state index in [0.717, 1.165) is 22.7 Å². The van der Waals surface area contributed by atoms with Crippen LogP contribution >= 0.6 is 23.2 Å². The number of anilines is 3. The topological polar surface area (TPSA) is 94.7 Å². The number of hydrogen-bond donors (Lipinski definition) is 5. The van der Waals surface area contributed by atoms with Crippen molar-refractivity contribution in [2.75, 3.05) is 22.5 Å². The largest absolute Gasteiger partial charge is 0.487 e. The zero-order valence-corrected chi connectivity index (χ0v) is 18.4. The highest BCUT2D eigenvalue weighted by atomic mass is 35.5. The summed E-state index contributed by atoms with van der Waals surface area (Å²) in [5, 5.41) is 22.8. The second kappa shape index (κ2) is 7.41. The fraction of sp³-hybridized carbons (Fsp3) is 0.381. The van der Waals surface area contributed by atoms with Gasteiger partial charge in [0.05, 0.1) is 33.2 Å². The van der Waals surface area contributed by atoms with Crippen molar-refractivity contribution < 1.29 is 14.6 Å². The third-order valence-electron chi connectivity index (χ3n) is 5.07. The molecule has 2 aromatic rings. The lowest BCUT2D eigenvalue weighted by molar-refractivity contribution is -0.124. The average molecular weight is 451 g/mol. The number of aliphatic hydroxyl groups is 1. The van der Waals surface area contributed by atoms with Crippen LogP contribution in [0.15, 0.2) is 30.3 Å². The number of fused-ring (bicyclic) bond motifs is 3. The lowest BCUT2D eigenvalue weighted by atomic mass is 10.00. The minimum absolute atomic E-state index is 0.0898. The van der Waals surface area contributed by atoms with Gasteiger partial charge in [0.15, 0.2) is 0 Å². The number of hydrogen-bond acceptors (Lipinski definition) is 6. The van der Waals surface area contributed by atoms with E-state index in [-0.39, 0.29) is 12.1 Å². The number of benzene rings is 2. The Bertz CT molecular complexity index is 992. The van der Waals surface area contributed by atoms with Gasteiger partial charge >= 0.3 is 0 Å². The van der Waals surface area contributed by atoms with Crippen LogP contribution in [0.5, 0.6) is 5.75 Å². The Kier molecular flexibility index (Phi) is 5.16. The molecule has 0 spiro atoms. The molecule has 5 N–H and O–H groups in total. The molecule has 2 unspecified atom stereocenters. The summed E-state index contributed by atoms with van der Waals surface area (Å²) in [6, 6.07) is 8.86. The highest BCUT2D eigenvalue weighted by Gasteiger charge is 2.47. The van der Waals surface area contributed by atoms with Gasteiger partial charge in [0.2, 0.25) is 0 Å². The molecule has 0 bridgehead atoms. The smallest absolute Gasteiger partial charge is 0.288 e. The number of nitrogens with one attached hydrogen (secondary N) is 4. The molecule has 2 aromatic carbocycles. The normalized spacial score (nSPS) is 21.5. The number of para-hydroxylation sites is 1. The maximum atomic E-state index is 13.3. The Morgan fingerprint density at radius 2 is 1.93 bits per heavy atom. The lowest BCUT2D eigenvalue weighted by Gasteiger charge is -2.32. The first kappa shape index (κ1) is 20.9. The highest BCUT2D eigenvalue weighted by Crippen LogP contribution is 2.47. The van der Waals surface area contributed by atoms with Crippen molar-refractivity contribution in [3.05, 3.63) is 45.9 Å². The zero-order chi connectivity index (χ0) is 21.7. The van der Waals surface area contributed by atoms with Crippen LogP contribution in [-0.2, 0) is 11.2 Å². The molecule has 4 rings (SSSR count). The van der Waals surface area contributed by atoms with Crippen molar-refractivity contribution in [1.29, 1.82) is 0 Å². The van der Waals surface area contributed by atoms with Gasteiger partial charge in [0, 0.05) is 18.5 Å². The Morgan fingerprint density at radius 1 is 1.23 bits per heavy atom. The molecule has 9 heteroatoms. The van der Waals surface area contributed by atoms with Gasteiger partial charge in [-0.2, -0.15) is 0 Å². The van der Waals surface area contributed by atoms with Crippen LogP contribution in [-0.4, -0.2) is 35.1 Å². The molecular weight excluding hydrogens is 427 g/mol. The van der Waals surface area contributed by atoms with E-state index in [4.69, 9.17) is 27.9 Å². The lowest BCUT2D eigenvalue weighted by Crippen LogP contribution is -2.61. The molecule has 0 fully saturated rings. The van der Waals surface area contributed by atoms with Crippen LogP contribution in [0.25, 0.3) is 0 Å². The summed E-state index contributed by atoms with van der Waals surface area (Å²) in [5.74, 6) is -1.10. The molecule has 0 radical (unpaired) electrons. The summed E-state index contributed by atoms with van der Waals surface area (Å²) < 4.78 is 6.02. The fourth-order valence-electron chi connectivity index (χ4n) is 3.74. The molecular formula is C21H24Cl2N4O3. The van der Waals surface area contributed by atoms with Gasteiger partial charge in [-0.1, -0.05) is 29.3 Å². The Labute approximate surface area is 185 Å². The summed E-state index contributed by atoms with van der Waals surface area (Å²) in [5.41, 5.74) is 2.59. The number of carbonyl (C=O) groups is 1. The molecule has 160 valence electrons. The van der Waals surface area contributed by atoms with Crippen LogP contribution in [0.1, 0.15) is 26.3 Å². The summed E-state index contributed by atoms with van der Waals surface area (Å²) in [6.07, 6.45) is -0.00424. The number of ether oxygens (including phenoxy) is 1. The summed E-state index contributed by atoms with van der Waals surface area (Å²) in [6.45, 7) is 5.73. The molecule has 30 heavy (non-hydrogen) atoms. The maximum absolute atomic E-state index is 13.3. The Morgan fingerprint density at radius 3 is 2.60 bits per heavy atom. The van der Waals surface area contributed by atoms with E-state index >= 15 is 0 Å². The quantitative estimate of drug-likeness (QED) is 0.475. The van der Waals surface area contributed by atoms with Crippen molar-refractivity contribution in [3.8, 4) is 5.75 Å². The third kappa shape index (κ3) is 3.73. The van der Waals surface area contributed by atoms with Gasteiger partial charge in [-0.05, 0) is 45.0 Å². The van der Waals surface area contributed by atoms with Gasteiger partial charge in [-0.15, -0.1) is 0 Å². The summed E-state index contributed by atoms with van der Waals surface area (Å²) in [4.78, 5) is 13.3. The SMILES string of the molecule is CC(O)CNC(=O)C1(Nc2c(Cl)cccc2Cl)Nc2ccc3c(c2N1)CC(C)(C)O3. The minimum Gasteiger partial charge on any atom is -0.487 e. The van der Waals surface area contributed by atoms with Crippen LogP contribution in [0.4, 0.5) is 17.1 Å².